The van der Waals surface area contributed by atoms with Crippen LogP contribution in [0.4, 0.5) is 0 Å². The van der Waals surface area contributed by atoms with Crippen LogP contribution < -0.4 is 0 Å². The zero-order valence-electron chi connectivity index (χ0n) is 9.05. The molecule has 0 radical (unpaired) electrons. The van der Waals surface area contributed by atoms with Crippen LogP contribution in [0.25, 0.3) is 0 Å². The number of hydrogen-bond acceptors (Lipinski definition) is 3. The summed E-state index contributed by atoms with van der Waals surface area (Å²) >= 11 is 23.5. The highest BCUT2D eigenvalue weighted by atomic mass is 35.5. The fourth-order valence-corrected chi connectivity index (χ4v) is 2.56. The number of nitrogens with zero attached hydrogens (tertiary/aromatic N) is 2. The molecule has 2 rings (SSSR count). The highest BCUT2D eigenvalue weighted by molar-refractivity contribution is 6.50. The van der Waals surface area contributed by atoms with Gasteiger partial charge in [-0.15, -0.1) is 0 Å². The van der Waals surface area contributed by atoms with Crippen LogP contribution in [-0.2, 0) is 4.74 Å². The van der Waals surface area contributed by atoms with Gasteiger partial charge in [-0.1, -0.05) is 46.4 Å². The zero-order valence-corrected chi connectivity index (χ0v) is 12.1. The van der Waals surface area contributed by atoms with Gasteiger partial charge < -0.3 is 9.64 Å². The maximum absolute atomic E-state index is 12.3. The van der Waals surface area contributed by atoms with Crippen LogP contribution in [0.2, 0.25) is 20.4 Å². The van der Waals surface area contributed by atoms with E-state index in [1.165, 1.54) is 0 Å². The van der Waals surface area contributed by atoms with Gasteiger partial charge in [0.1, 0.15) is 5.15 Å². The van der Waals surface area contributed by atoms with Gasteiger partial charge in [-0.05, 0) is 0 Å². The molecule has 1 saturated heterocycles. The fourth-order valence-electron chi connectivity index (χ4n) is 1.59. The predicted molar refractivity (Wildman–Crippen MR) is 71.0 cm³/mol. The third-order valence-electron chi connectivity index (χ3n) is 2.51. The van der Waals surface area contributed by atoms with Crippen LogP contribution in [0.5, 0.6) is 0 Å². The number of pyridine rings is 1. The Hall–Kier alpha value is -0.260. The smallest absolute Gasteiger partial charge is 0.258 e. The third-order valence-corrected chi connectivity index (χ3v) is 3.99. The standard InChI is InChI=1S/C10H8Cl4N2O2/c11-6-5(8(13)15-9(14)7(6)12)10(17)16-1-3-18-4-2-16/h1-4H2. The normalized spacial score (nSPS) is 15.9. The van der Waals surface area contributed by atoms with E-state index in [1.54, 1.807) is 4.90 Å². The molecule has 0 atom stereocenters. The molecule has 1 aliphatic rings. The molecule has 2 heterocycles. The van der Waals surface area contributed by atoms with E-state index in [0.29, 0.717) is 26.3 Å². The van der Waals surface area contributed by atoms with Crippen molar-refractivity contribution in [3.8, 4) is 0 Å². The van der Waals surface area contributed by atoms with Crippen molar-refractivity contribution >= 4 is 52.3 Å². The molecule has 0 spiro atoms. The zero-order chi connectivity index (χ0) is 13.3. The number of amides is 1. The largest absolute Gasteiger partial charge is 0.378 e. The molecule has 1 aromatic heterocycles. The first-order valence-corrected chi connectivity index (χ1v) is 6.60. The van der Waals surface area contributed by atoms with Crippen molar-refractivity contribution in [2.24, 2.45) is 0 Å². The van der Waals surface area contributed by atoms with Gasteiger partial charge in [0.25, 0.3) is 5.91 Å². The Bertz CT molecular complexity index is 489. The summed E-state index contributed by atoms with van der Waals surface area (Å²) in [5, 5.41) is -0.0198. The van der Waals surface area contributed by atoms with Crippen LogP contribution in [-0.4, -0.2) is 42.1 Å². The predicted octanol–water partition coefficient (Wildman–Crippen LogP) is 3.17. The van der Waals surface area contributed by atoms with E-state index in [2.05, 4.69) is 4.98 Å². The van der Waals surface area contributed by atoms with E-state index < -0.39 is 0 Å². The first kappa shape index (κ1) is 14.2. The highest BCUT2D eigenvalue weighted by Crippen LogP contribution is 2.35. The summed E-state index contributed by atoms with van der Waals surface area (Å²) in [6, 6.07) is 0. The van der Waals surface area contributed by atoms with E-state index >= 15 is 0 Å². The maximum Gasteiger partial charge on any atom is 0.258 e. The molecular weight excluding hydrogens is 322 g/mol. The monoisotopic (exact) mass is 328 g/mol. The van der Waals surface area contributed by atoms with E-state index in [9.17, 15) is 4.79 Å². The fraction of sp³-hybridized carbons (Fsp3) is 0.400. The molecule has 1 amide bonds. The molecule has 0 unspecified atom stereocenters. The number of halogens is 4. The molecule has 8 heteroatoms. The van der Waals surface area contributed by atoms with Crippen molar-refractivity contribution in [1.29, 1.82) is 0 Å². The maximum atomic E-state index is 12.3. The molecule has 98 valence electrons. The van der Waals surface area contributed by atoms with Crippen molar-refractivity contribution in [2.75, 3.05) is 26.3 Å². The first-order valence-electron chi connectivity index (χ1n) is 5.09. The number of aromatic nitrogens is 1. The topological polar surface area (TPSA) is 42.4 Å². The highest BCUT2D eigenvalue weighted by Gasteiger charge is 2.26. The summed E-state index contributed by atoms with van der Waals surface area (Å²) in [6.45, 7) is 1.92. The Labute approximate surface area is 124 Å². The van der Waals surface area contributed by atoms with Gasteiger partial charge >= 0.3 is 0 Å². The van der Waals surface area contributed by atoms with Gasteiger partial charge in [0, 0.05) is 13.1 Å². The van der Waals surface area contributed by atoms with Gasteiger partial charge in [0.15, 0.2) is 5.15 Å². The molecule has 1 aromatic rings. The lowest BCUT2D eigenvalue weighted by molar-refractivity contribution is 0.0303. The Morgan fingerprint density at radius 2 is 1.67 bits per heavy atom. The lowest BCUT2D eigenvalue weighted by Crippen LogP contribution is -2.41. The Morgan fingerprint density at radius 3 is 2.28 bits per heavy atom. The van der Waals surface area contributed by atoms with Crippen molar-refractivity contribution in [1.82, 2.24) is 9.88 Å². The van der Waals surface area contributed by atoms with Crippen LogP contribution in [0.3, 0.4) is 0 Å². The number of rotatable bonds is 1. The number of carbonyl (C=O) groups is 1. The molecular formula is C10H8Cl4N2O2. The van der Waals surface area contributed by atoms with Crippen LogP contribution in [0, 0.1) is 0 Å². The molecule has 1 fully saturated rings. The van der Waals surface area contributed by atoms with Crippen LogP contribution in [0.1, 0.15) is 10.4 Å². The van der Waals surface area contributed by atoms with Gasteiger partial charge in [0.05, 0.1) is 28.8 Å². The number of ether oxygens (including phenoxy) is 1. The quantitative estimate of drug-likeness (QED) is 0.743. The Balaban J connectivity index is 2.38. The van der Waals surface area contributed by atoms with E-state index in [4.69, 9.17) is 51.1 Å². The van der Waals surface area contributed by atoms with Gasteiger partial charge in [-0.25, -0.2) is 4.98 Å². The molecule has 0 aromatic carbocycles. The minimum atomic E-state index is -0.320. The van der Waals surface area contributed by atoms with Gasteiger partial charge in [-0.2, -0.15) is 0 Å². The number of morpholine rings is 1. The van der Waals surface area contributed by atoms with Gasteiger partial charge in [0.2, 0.25) is 0 Å². The summed E-state index contributed by atoms with van der Waals surface area (Å²) < 4.78 is 5.17. The molecule has 0 N–H and O–H groups in total. The summed E-state index contributed by atoms with van der Waals surface area (Å²) in [5.74, 6) is -0.320. The third kappa shape index (κ3) is 2.68. The summed E-state index contributed by atoms with van der Waals surface area (Å²) in [4.78, 5) is 17.6. The minimum Gasteiger partial charge on any atom is -0.378 e. The second-order valence-corrected chi connectivity index (χ2v) is 5.07. The van der Waals surface area contributed by atoms with Crippen LogP contribution >= 0.6 is 46.4 Å². The molecule has 0 saturated carbocycles. The Morgan fingerprint density at radius 1 is 1.06 bits per heavy atom. The molecule has 0 bridgehead atoms. The van der Waals surface area contributed by atoms with Crippen LogP contribution in [0.15, 0.2) is 0 Å². The van der Waals surface area contributed by atoms with Gasteiger partial charge in [-0.3, -0.25) is 4.79 Å². The van der Waals surface area contributed by atoms with E-state index in [-0.39, 0.29) is 31.8 Å². The number of carbonyl (C=O) groups excluding carboxylic acids is 1. The summed E-state index contributed by atoms with van der Waals surface area (Å²) in [7, 11) is 0. The van der Waals surface area contributed by atoms with E-state index in [1.807, 2.05) is 0 Å². The average molecular weight is 330 g/mol. The first-order chi connectivity index (χ1) is 8.52. The summed E-state index contributed by atoms with van der Waals surface area (Å²) in [5.41, 5.74) is 0.0784. The number of hydrogen-bond donors (Lipinski definition) is 0. The van der Waals surface area contributed by atoms with Crippen molar-refractivity contribution in [3.05, 3.63) is 25.9 Å². The van der Waals surface area contributed by atoms with E-state index in [0.717, 1.165) is 0 Å². The molecule has 0 aliphatic carbocycles. The average Bonchev–Trinajstić information content (AvgIpc) is 2.37. The minimum absolute atomic E-state index is 0.0230. The lowest BCUT2D eigenvalue weighted by atomic mass is 10.2. The molecule has 1 aliphatic heterocycles. The SMILES string of the molecule is O=C(c1c(Cl)nc(Cl)c(Cl)c1Cl)N1CCOCC1. The summed E-state index contributed by atoms with van der Waals surface area (Å²) in [6.07, 6.45) is 0. The Kier molecular flexibility index (Phi) is 4.56. The second-order valence-electron chi connectivity index (χ2n) is 3.60. The van der Waals surface area contributed by atoms with Crippen molar-refractivity contribution in [3.63, 3.8) is 0 Å². The molecule has 4 nitrogen and oxygen atoms in total. The second kappa shape index (κ2) is 5.80. The lowest BCUT2D eigenvalue weighted by Gasteiger charge is -2.27. The van der Waals surface area contributed by atoms with Crippen molar-refractivity contribution in [2.45, 2.75) is 0 Å². The molecule has 18 heavy (non-hydrogen) atoms. The van der Waals surface area contributed by atoms with Crippen molar-refractivity contribution < 1.29 is 9.53 Å².